The molecular weight excluding hydrogens is 280 g/mol. The Balaban J connectivity index is 2.34. The molecule has 0 radical (unpaired) electrons. The summed E-state index contributed by atoms with van der Waals surface area (Å²) in [4.78, 5) is 2.68. The molecule has 0 spiro atoms. The highest BCUT2D eigenvalue weighted by molar-refractivity contribution is 6.31. The highest BCUT2D eigenvalue weighted by Gasteiger charge is 2.30. The van der Waals surface area contributed by atoms with Crippen molar-refractivity contribution in [3.8, 4) is 0 Å². The van der Waals surface area contributed by atoms with Crippen molar-refractivity contribution in [2.75, 3.05) is 26.7 Å². The van der Waals surface area contributed by atoms with Gasteiger partial charge in [-0.15, -0.1) is 0 Å². The smallest absolute Gasteiger partial charge is 0.0438 e. The van der Waals surface area contributed by atoms with Crippen molar-refractivity contribution in [1.82, 2.24) is 10.2 Å². The van der Waals surface area contributed by atoms with Crippen molar-refractivity contribution in [3.05, 3.63) is 34.3 Å². The Morgan fingerprint density at radius 2 is 2.14 bits per heavy atom. The maximum Gasteiger partial charge on any atom is 0.0438 e. The minimum atomic E-state index is 0.498. The number of hydrogen-bond acceptors (Lipinski definition) is 2. The SMILES string of the molecule is CCCN1CCCCC(CNC)C1c1ccc(C)c(Cl)c1. The van der Waals surface area contributed by atoms with Gasteiger partial charge in [0.2, 0.25) is 0 Å². The van der Waals surface area contributed by atoms with E-state index in [0.717, 1.165) is 11.6 Å². The number of nitrogens with zero attached hydrogens (tertiary/aromatic N) is 1. The van der Waals surface area contributed by atoms with Crippen molar-refractivity contribution in [2.45, 2.75) is 45.6 Å². The molecule has 3 heteroatoms. The first kappa shape index (κ1) is 16.8. The van der Waals surface area contributed by atoms with Gasteiger partial charge in [-0.2, -0.15) is 0 Å². The zero-order chi connectivity index (χ0) is 15.2. The average molecular weight is 309 g/mol. The minimum Gasteiger partial charge on any atom is -0.319 e. The molecule has 0 saturated carbocycles. The number of rotatable bonds is 5. The molecule has 118 valence electrons. The van der Waals surface area contributed by atoms with Crippen LogP contribution in [0.5, 0.6) is 0 Å². The van der Waals surface area contributed by atoms with Crippen LogP contribution < -0.4 is 5.32 Å². The molecule has 1 aromatic rings. The zero-order valence-corrected chi connectivity index (χ0v) is 14.4. The number of likely N-dealkylation sites (tertiary alicyclic amines) is 1. The van der Waals surface area contributed by atoms with Crippen LogP contribution >= 0.6 is 11.6 Å². The number of benzene rings is 1. The van der Waals surface area contributed by atoms with Gasteiger partial charge in [0.15, 0.2) is 0 Å². The summed E-state index contributed by atoms with van der Waals surface area (Å²) in [6.45, 7) is 7.82. The van der Waals surface area contributed by atoms with Crippen molar-refractivity contribution in [1.29, 1.82) is 0 Å². The standard InChI is InChI=1S/C18H29ClN2/c1-4-10-21-11-6-5-7-16(13-20-3)18(21)15-9-8-14(2)17(19)12-15/h8-9,12,16,18,20H,4-7,10-11,13H2,1-3H3. The number of aryl methyl sites for hydroxylation is 1. The van der Waals surface area contributed by atoms with Gasteiger partial charge in [-0.3, -0.25) is 4.90 Å². The fraction of sp³-hybridized carbons (Fsp3) is 0.667. The fourth-order valence-corrected chi connectivity index (χ4v) is 3.80. The summed E-state index contributed by atoms with van der Waals surface area (Å²) in [5, 5.41) is 4.29. The highest BCUT2D eigenvalue weighted by atomic mass is 35.5. The molecule has 2 nitrogen and oxygen atoms in total. The van der Waals surface area contributed by atoms with Crippen LogP contribution in [0.25, 0.3) is 0 Å². The third kappa shape index (κ3) is 4.21. The maximum absolute atomic E-state index is 6.39. The highest BCUT2D eigenvalue weighted by Crippen LogP contribution is 2.36. The molecule has 1 aliphatic rings. The Kier molecular flexibility index (Phi) is 6.53. The number of nitrogens with one attached hydrogen (secondary N) is 1. The molecule has 1 N–H and O–H groups in total. The number of hydrogen-bond donors (Lipinski definition) is 1. The van der Waals surface area contributed by atoms with E-state index in [4.69, 9.17) is 11.6 Å². The van der Waals surface area contributed by atoms with E-state index in [0.29, 0.717) is 12.0 Å². The van der Waals surface area contributed by atoms with Gasteiger partial charge in [-0.25, -0.2) is 0 Å². The monoisotopic (exact) mass is 308 g/mol. The van der Waals surface area contributed by atoms with Crippen LogP contribution in [0.2, 0.25) is 5.02 Å². The lowest BCUT2D eigenvalue weighted by molar-refractivity contribution is 0.154. The van der Waals surface area contributed by atoms with Crippen LogP contribution in [-0.2, 0) is 0 Å². The van der Waals surface area contributed by atoms with Crippen molar-refractivity contribution < 1.29 is 0 Å². The predicted molar refractivity (Wildman–Crippen MR) is 92.1 cm³/mol. The van der Waals surface area contributed by atoms with E-state index < -0.39 is 0 Å². The van der Waals surface area contributed by atoms with E-state index in [2.05, 4.69) is 49.3 Å². The molecule has 21 heavy (non-hydrogen) atoms. The molecule has 1 aliphatic heterocycles. The first-order valence-corrected chi connectivity index (χ1v) is 8.69. The quantitative estimate of drug-likeness (QED) is 0.866. The third-order valence-electron chi connectivity index (χ3n) is 4.62. The lowest BCUT2D eigenvalue weighted by atomic mass is 9.88. The van der Waals surface area contributed by atoms with Crippen LogP contribution in [0.4, 0.5) is 0 Å². The van der Waals surface area contributed by atoms with Gasteiger partial charge in [-0.05, 0) is 76.0 Å². The Morgan fingerprint density at radius 3 is 2.81 bits per heavy atom. The van der Waals surface area contributed by atoms with Gasteiger partial charge < -0.3 is 5.32 Å². The van der Waals surface area contributed by atoms with Crippen molar-refractivity contribution in [3.63, 3.8) is 0 Å². The second-order valence-electron chi connectivity index (χ2n) is 6.30. The topological polar surface area (TPSA) is 15.3 Å². The van der Waals surface area contributed by atoms with Gasteiger partial charge in [-0.1, -0.05) is 37.1 Å². The van der Waals surface area contributed by atoms with Crippen molar-refractivity contribution in [2.24, 2.45) is 5.92 Å². The maximum atomic E-state index is 6.39. The first-order chi connectivity index (χ1) is 10.2. The van der Waals surface area contributed by atoms with Crippen LogP contribution in [0.1, 0.15) is 49.8 Å². The zero-order valence-electron chi connectivity index (χ0n) is 13.7. The Hall–Kier alpha value is -0.570. The Morgan fingerprint density at radius 1 is 1.33 bits per heavy atom. The molecule has 0 amide bonds. The van der Waals surface area contributed by atoms with Gasteiger partial charge in [0, 0.05) is 11.1 Å². The predicted octanol–water partition coefficient (Wildman–Crippen LogP) is 4.42. The molecular formula is C18H29ClN2. The van der Waals surface area contributed by atoms with Gasteiger partial charge in [0.1, 0.15) is 0 Å². The largest absolute Gasteiger partial charge is 0.319 e. The molecule has 2 atom stereocenters. The molecule has 1 saturated heterocycles. The molecule has 1 fully saturated rings. The molecule has 0 aliphatic carbocycles. The van der Waals surface area contributed by atoms with E-state index >= 15 is 0 Å². The summed E-state index contributed by atoms with van der Waals surface area (Å²) in [6.07, 6.45) is 5.17. The normalized spacial score (nSPS) is 24.0. The fourth-order valence-electron chi connectivity index (χ4n) is 3.61. The van der Waals surface area contributed by atoms with E-state index in [1.54, 1.807) is 0 Å². The first-order valence-electron chi connectivity index (χ1n) is 8.32. The van der Waals surface area contributed by atoms with Crippen LogP contribution in [0.3, 0.4) is 0 Å². The van der Waals surface area contributed by atoms with Crippen molar-refractivity contribution >= 4 is 11.6 Å². The molecule has 0 aromatic heterocycles. The molecule has 2 rings (SSSR count). The summed E-state index contributed by atoms with van der Waals surface area (Å²) in [7, 11) is 2.06. The van der Waals surface area contributed by atoms with Gasteiger partial charge in [0.25, 0.3) is 0 Å². The average Bonchev–Trinajstić information content (AvgIpc) is 2.66. The van der Waals surface area contributed by atoms with Crippen LogP contribution in [0, 0.1) is 12.8 Å². The van der Waals surface area contributed by atoms with Crippen LogP contribution in [-0.4, -0.2) is 31.6 Å². The summed E-state index contributed by atoms with van der Waals surface area (Å²) >= 11 is 6.39. The summed E-state index contributed by atoms with van der Waals surface area (Å²) in [5.41, 5.74) is 2.56. The summed E-state index contributed by atoms with van der Waals surface area (Å²) < 4.78 is 0. The second kappa shape index (κ2) is 8.17. The Bertz CT molecular complexity index is 431. The van der Waals surface area contributed by atoms with E-state index in [9.17, 15) is 0 Å². The van der Waals surface area contributed by atoms with Crippen LogP contribution in [0.15, 0.2) is 18.2 Å². The van der Waals surface area contributed by atoms with E-state index in [-0.39, 0.29) is 0 Å². The molecule has 1 heterocycles. The molecule has 1 aromatic carbocycles. The molecule has 2 unspecified atom stereocenters. The second-order valence-corrected chi connectivity index (χ2v) is 6.71. The summed E-state index contributed by atoms with van der Waals surface area (Å²) in [5.74, 6) is 0.669. The Labute approximate surface area is 134 Å². The van der Waals surface area contributed by atoms with E-state index in [1.807, 2.05) is 0 Å². The minimum absolute atomic E-state index is 0.498. The molecule has 0 bridgehead atoms. The van der Waals surface area contributed by atoms with Gasteiger partial charge in [0.05, 0.1) is 0 Å². The lowest BCUT2D eigenvalue weighted by Crippen LogP contribution is -2.36. The lowest BCUT2D eigenvalue weighted by Gasteiger charge is -2.35. The summed E-state index contributed by atoms with van der Waals surface area (Å²) in [6, 6.07) is 7.14. The third-order valence-corrected chi connectivity index (χ3v) is 5.03. The van der Waals surface area contributed by atoms with E-state index in [1.165, 1.54) is 49.9 Å². The van der Waals surface area contributed by atoms with Gasteiger partial charge >= 0.3 is 0 Å². The number of halogens is 1.